The molecule has 0 aliphatic heterocycles. The van der Waals surface area contributed by atoms with E-state index in [1.54, 1.807) is 38.1 Å². The first-order valence-electron chi connectivity index (χ1n) is 7.07. The third kappa shape index (κ3) is 3.95. The van der Waals surface area contributed by atoms with Gasteiger partial charge in [-0.3, -0.25) is 10.1 Å². The van der Waals surface area contributed by atoms with Gasteiger partial charge < -0.3 is 15.8 Å². The zero-order valence-corrected chi connectivity index (χ0v) is 12.3. The van der Waals surface area contributed by atoms with Gasteiger partial charge >= 0.3 is 6.09 Å². The minimum Gasteiger partial charge on any atom is -0.450 e. The topological polar surface area (TPSA) is 93.5 Å². The molecule has 0 spiro atoms. The van der Waals surface area contributed by atoms with E-state index >= 15 is 0 Å². The number of carbonyl (C=O) groups excluding carboxylic acids is 2. The summed E-state index contributed by atoms with van der Waals surface area (Å²) in [6.07, 6.45) is 1.50. The quantitative estimate of drug-likeness (QED) is 0.776. The number of anilines is 2. The van der Waals surface area contributed by atoms with Gasteiger partial charge in [-0.1, -0.05) is 0 Å². The Bertz CT molecular complexity index is 521. The molecular weight excluding hydrogens is 270 g/mol. The van der Waals surface area contributed by atoms with E-state index in [1.807, 2.05) is 0 Å². The number of benzene rings is 1. The van der Waals surface area contributed by atoms with E-state index < -0.39 is 11.6 Å². The fourth-order valence-electron chi connectivity index (χ4n) is 2.06. The molecule has 1 saturated carbocycles. The van der Waals surface area contributed by atoms with Crippen molar-refractivity contribution in [1.29, 1.82) is 0 Å². The summed E-state index contributed by atoms with van der Waals surface area (Å²) in [5, 5.41) is 5.38. The van der Waals surface area contributed by atoms with Crippen LogP contribution in [0.1, 0.15) is 26.7 Å². The van der Waals surface area contributed by atoms with Crippen molar-refractivity contribution in [3.05, 3.63) is 24.3 Å². The molecule has 2 rings (SSSR count). The number of hydrogen-bond acceptors (Lipinski definition) is 4. The smallest absolute Gasteiger partial charge is 0.411 e. The van der Waals surface area contributed by atoms with Crippen molar-refractivity contribution in [3.63, 3.8) is 0 Å². The fourth-order valence-corrected chi connectivity index (χ4v) is 2.06. The molecule has 0 bridgehead atoms. The summed E-state index contributed by atoms with van der Waals surface area (Å²) in [6, 6.07) is 6.81. The van der Waals surface area contributed by atoms with E-state index in [2.05, 4.69) is 10.6 Å². The largest absolute Gasteiger partial charge is 0.450 e. The first-order chi connectivity index (χ1) is 9.93. The first-order valence-corrected chi connectivity index (χ1v) is 7.07. The van der Waals surface area contributed by atoms with Crippen molar-refractivity contribution in [2.45, 2.75) is 32.2 Å². The van der Waals surface area contributed by atoms with Crippen LogP contribution in [0.4, 0.5) is 16.2 Å². The van der Waals surface area contributed by atoms with Gasteiger partial charge in [-0.25, -0.2) is 4.79 Å². The number of rotatable bonds is 5. The number of ether oxygens (including phenoxy) is 1. The van der Waals surface area contributed by atoms with Crippen LogP contribution in [-0.2, 0) is 9.53 Å². The Morgan fingerprint density at radius 1 is 1.24 bits per heavy atom. The molecule has 1 aliphatic carbocycles. The van der Waals surface area contributed by atoms with Crippen LogP contribution in [0.3, 0.4) is 0 Å². The molecule has 1 aromatic carbocycles. The molecular formula is C15H21N3O3. The highest BCUT2D eigenvalue weighted by molar-refractivity contribution is 5.98. The Morgan fingerprint density at radius 3 is 2.24 bits per heavy atom. The highest BCUT2D eigenvalue weighted by Crippen LogP contribution is 2.38. The number of amides is 2. The number of hydrogen-bond donors (Lipinski definition) is 3. The molecule has 0 heterocycles. The third-order valence-corrected chi connectivity index (χ3v) is 3.58. The summed E-state index contributed by atoms with van der Waals surface area (Å²) in [4.78, 5) is 23.4. The molecule has 1 unspecified atom stereocenters. The summed E-state index contributed by atoms with van der Waals surface area (Å²) in [5.41, 5.74) is 6.47. The first kappa shape index (κ1) is 15.3. The number of nitrogens with two attached hydrogens (primary N) is 1. The van der Waals surface area contributed by atoms with E-state index in [1.165, 1.54) is 0 Å². The predicted octanol–water partition coefficient (Wildman–Crippen LogP) is 2.32. The predicted molar refractivity (Wildman–Crippen MR) is 81.0 cm³/mol. The average Bonchev–Trinajstić information content (AvgIpc) is 3.26. The normalized spacial score (nSPS) is 16.7. The van der Waals surface area contributed by atoms with Crippen LogP contribution in [0.2, 0.25) is 0 Å². The van der Waals surface area contributed by atoms with Crippen molar-refractivity contribution in [1.82, 2.24) is 0 Å². The van der Waals surface area contributed by atoms with Crippen molar-refractivity contribution in [2.75, 3.05) is 17.2 Å². The number of carbonyl (C=O) groups is 2. The summed E-state index contributed by atoms with van der Waals surface area (Å²) in [6.45, 7) is 3.81. The van der Waals surface area contributed by atoms with Crippen LogP contribution >= 0.6 is 0 Å². The molecule has 0 radical (unpaired) electrons. The van der Waals surface area contributed by atoms with Gasteiger partial charge in [-0.2, -0.15) is 0 Å². The van der Waals surface area contributed by atoms with Gasteiger partial charge in [0.1, 0.15) is 0 Å². The summed E-state index contributed by atoms with van der Waals surface area (Å²) >= 11 is 0. The molecule has 1 atom stereocenters. The van der Waals surface area contributed by atoms with E-state index in [9.17, 15) is 9.59 Å². The molecule has 2 amide bonds. The second-order valence-corrected chi connectivity index (χ2v) is 5.43. The van der Waals surface area contributed by atoms with Crippen molar-refractivity contribution in [3.8, 4) is 0 Å². The Kier molecular flexibility index (Phi) is 4.47. The van der Waals surface area contributed by atoms with Gasteiger partial charge in [0.05, 0.1) is 12.1 Å². The van der Waals surface area contributed by atoms with Gasteiger partial charge in [0.25, 0.3) is 0 Å². The molecule has 6 heteroatoms. The summed E-state index contributed by atoms with van der Waals surface area (Å²) in [5.74, 6) is 0.0818. The third-order valence-electron chi connectivity index (χ3n) is 3.58. The maximum Gasteiger partial charge on any atom is 0.411 e. The lowest BCUT2D eigenvalue weighted by atomic mass is 9.96. The van der Waals surface area contributed by atoms with Gasteiger partial charge in [-0.15, -0.1) is 0 Å². The van der Waals surface area contributed by atoms with Gasteiger partial charge in [-0.05, 0) is 56.9 Å². The van der Waals surface area contributed by atoms with Crippen molar-refractivity contribution in [2.24, 2.45) is 11.7 Å². The van der Waals surface area contributed by atoms with Gasteiger partial charge in [0, 0.05) is 11.4 Å². The Labute approximate surface area is 124 Å². The number of nitrogens with one attached hydrogen (secondary N) is 2. The van der Waals surface area contributed by atoms with E-state index in [0.717, 1.165) is 12.8 Å². The summed E-state index contributed by atoms with van der Waals surface area (Å²) in [7, 11) is 0. The second-order valence-electron chi connectivity index (χ2n) is 5.43. The zero-order chi connectivity index (χ0) is 15.5. The lowest BCUT2D eigenvalue weighted by molar-refractivity contribution is -0.121. The summed E-state index contributed by atoms with van der Waals surface area (Å²) < 4.78 is 4.78. The Morgan fingerprint density at radius 2 is 1.76 bits per heavy atom. The van der Waals surface area contributed by atoms with Crippen LogP contribution in [0.5, 0.6) is 0 Å². The molecule has 6 nitrogen and oxygen atoms in total. The molecule has 4 N–H and O–H groups in total. The maximum absolute atomic E-state index is 12.1. The van der Waals surface area contributed by atoms with Gasteiger partial charge in [0.2, 0.25) is 5.91 Å². The standard InChI is InChI=1S/C15H21N3O3/c1-3-21-14(20)18-12-8-6-11(7-9-12)17-13(19)15(2,16)10-4-5-10/h6-10H,3-5,16H2,1-2H3,(H,17,19)(H,18,20). The molecule has 21 heavy (non-hydrogen) atoms. The van der Waals surface area contributed by atoms with Gasteiger partial charge in [0.15, 0.2) is 0 Å². The lowest BCUT2D eigenvalue weighted by Gasteiger charge is -2.23. The maximum atomic E-state index is 12.1. The van der Waals surface area contributed by atoms with E-state index in [-0.39, 0.29) is 11.8 Å². The molecule has 1 aromatic rings. The van der Waals surface area contributed by atoms with E-state index in [4.69, 9.17) is 10.5 Å². The average molecular weight is 291 g/mol. The minimum absolute atomic E-state index is 0.184. The molecule has 0 saturated heterocycles. The van der Waals surface area contributed by atoms with Crippen LogP contribution < -0.4 is 16.4 Å². The zero-order valence-electron chi connectivity index (χ0n) is 12.3. The Hall–Kier alpha value is -2.08. The molecule has 114 valence electrons. The minimum atomic E-state index is -0.831. The SMILES string of the molecule is CCOC(=O)Nc1ccc(NC(=O)C(C)(N)C2CC2)cc1. The van der Waals surface area contributed by atoms with E-state index in [0.29, 0.717) is 18.0 Å². The molecule has 1 fully saturated rings. The highest BCUT2D eigenvalue weighted by Gasteiger charge is 2.44. The van der Waals surface area contributed by atoms with Crippen molar-refractivity contribution >= 4 is 23.4 Å². The monoisotopic (exact) mass is 291 g/mol. The van der Waals surface area contributed by atoms with Crippen LogP contribution in [0, 0.1) is 5.92 Å². The van der Waals surface area contributed by atoms with Crippen molar-refractivity contribution < 1.29 is 14.3 Å². The van der Waals surface area contributed by atoms with Crippen LogP contribution in [0.25, 0.3) is 0 Å². The van der Waals surface area contributed by atoms with Crippen LogP contribution in [0.15, 0.2) is 24.3 Å². The molecule has 1 aliphatic rings. The highest BCUT2D eigenvalue weighted by atomic mass is 16.5. The molecule has 0 aromatic heterocycles. The fraction of sp³-hybridized carbons (Fsp3) is 0.467. The second kappa shape index (κ2) is 6.13. The van der Waals surface area contributed by atoms with Crippen LogP contribution in [-0.4, -0.2) is 24.1 Å². The Balaban J connectivity index is 1.93. The lowest BCUT2D eigenvalue weighted by Crippen LogP contribution is -2.50.